The maximum absolute atomic E-state index is 13.8. The molecule has 4 nitrogen and oxygen atoms in total. The van der Waals surface area contributed by atoms with Crippen molar-refractivity contribution in [3.05, 3.63) is 105 Å². The highest BCUT2D eigenvalue weighted by molar-refractivity contribution is 6.51. The van der Waals surface area contributed by atoms with Crippen molar-refractivity contribution >= 4 is 34.7 Å². The lowest BCUT2D eigenvalue weighted by Gasteiger charge is -2.25. The minimum Gasteiger partial charge on any atom is -0.507 e. The first kappa shape index (κ1) is 21.4. The topological polar surface area (TPSA) is 57.6 Å². The van der Waals surface area contributed by atoms with Crippen LogP contribution in [0.2, 0.25) is 5.02 Å². The molecule has 6 heteroatoms. The Morgan fingerprint density at radius 2 is 1.67 bits per heavy atom. The lowest BCUT2D eigenvalue weighted by atomic mass is 9.88. The van der Waals surface area contributed by atoms with Crippen molar-refractivity contribution in [3.8, 4) is 0 Å². The summed E-state index contributed by atoms with van der Waals surface area (Å²) in [6.45, 7) is 0. The van der Waals surface area contributed by atoms with Crippen LogP contribution in [0, 0.1) is 5.82 Å². The number of hydrogen-bond donors (Lipinski definition) is 1. The quantitative estimate of drug-likeness (QED) is 0.296. The van der Waals surface area contributed by atoms with E-state index in [9.17, 15) is 19.1 Å². The average molecular weight is 462 g/mol. The number of hydrogen-bond acceptors (Lipinski definition) is 3. The molecule has 1 atom stereocenters. The molecular formula is C27H21ClFNO3. The van der Waals surface area contributed by atoms with Gasteiger partial charge in [-0.3, -0.25) is 14.5 Å². The first-order valence-electron chi connectivity index (χ1n) is 10.9. The zero-order valence-corrected chi connectivity index (χ0v) is 18.5. The zero-order chi connectivity index (χ0) is 23.1. The minimum absolute atomic E-state index is 0.00223. The molecule has 1 amide bonds. The van der Waals surface area contributed by atoms with Crippen LogP contribution < -0.4 is 4.90 Å². The number of rotatable bonds is 3. The van der Waals surface area contributed by atoms with E-state index in [1.165, 1.54) is 22.6 Å². The van der Waals surface area contributed by atoms with Gasteiger partial charge in [0.15, 0.2) is 0 Å². The predicted octanol–water partition coefficient (Wildman–Crippen LogP) is 5.98. The van der Waals surface area contributed by atoms with Gasteiger partial charge in [-0.05, 0) is 66.6 Å². The summed E-state index contributed by atoms with van der Waals surface area (Å²) in [6.07, 6.45) is 4.13. The van der Waals surface area contributed by atoms with E-state index < -0.39 is 23.5 Å². The number of aliphatic hydroxyl groups is 1. The van der Waals surface area contributed by atoms with E-state index in [4.69, 9.17) is 11.6 Å². The third-order valence-corrected chi connectivity index (χ3v) is 6.65. The number of carbonyl (C=O) groups excluding carboxylic acids is 2. The van der Waals surface area contributed by atoms with Gasteiger partial charge >= 0.3 is 0 Å². The van der Waals surface area contributed by atoms with Crippen LogP contribution in [0.5, 0.6) is 0 Å². The summed E-state index contributed by atoms with van der Waals surface area (Å²) in [5, 5.41) is 11.1. The van der Waals surface area contributed by atoms with Gasteiger partial charge in [0, 0.05) is 11.3 Å². The molecule has 0 radical (unpaired) electrons. The van der Waals surface area contributed by atoms with Crippen molar-refractivity contribution in [2.75, 3.05) is 4.90 Å². The lowest BCUT2D eigenvalue weighted by molar-refractivity contribution is -0.132. The first-order valence-corrected chi connectivity index (χ1v) is 11.3. The minimum atomic E-state index is -0.872. The Bertz CT molecular complexity index is 1300. The van der Waals surface area contributed by atoms with Crippen LogP contribution in [0.15, 0.2) is 72.3 Å². The Hall–Kier alpha value is -3.44. The largest absolute Gasteiger partial charge is 0.507 e. The molecule has 33 heavy (non-hydrogen) atoms. The highest BCUT2D eigenvalue weighted by atomic mass is 35.5. The number of aryl methyl sites for hydroxylation is 2. The van der Waals surface area contributed by atoms with Crippen molar-refractivity contribution in [2.24, 2.45) is 0 Å². The van der Waals surface area contributed by atoms with Crippen LogP contribution in [0.25, 0.3) is 5.76 Å². The molecule has 0 saturated carbocycles. The van der Waals surface area contributed by atoms with Gasteiger partial charge in [0.25, 0.3) is 11.7 Å². The molecule has 1 aliphatic carbocycles. The van der Waals surface area contributed by atoms with E-state index in [1.807, 2.05) is 18.2 Å². The Kier molecular flexibility index (Phi) is 5.51. The van der Waals surface area contributed by atoms with Gasteiger partial charge in [0.1, 0.15) is 11.6 Å². The fourth-order valence-corrected chi connectivity index (χ4v) is 4.90. The third kappa shape index (κ3) is 3.72. The van der Waals surface area contributed by atoms with E-state index in [0.717, 1.165) is 37.3 Å². The normalized spacial score (nSPS) is 19.6. The molecule has 166 valence electrons. The molecule has 5 rings (SSSR count). The molecule has 1 fully saturated rings. The summed E-state index contributed by atoms with van der Waals surface area (Å²) in [5.41, 5.74) is 3.84. The second kappa shape index (κ2) is 8.49. The van der Waals surface area contributed by atoms with Gasteiger partial charge < -0.3 is 5.11 Å². The van der Waals surface area contributed by atoms with Crippen molar-refractivity contribution in [1.82, 2.24) is 0 Å². The lowest BCUT2D eigenvalue weighted by Crippen LogP contribution is -2.29. The number of Topliss-reactive ketones (excluding diaryl/α,β-unsaturated/α-hetero) is 1. The number of amides is 1. The molecule has 3 aromatic carbocycles. The van der Waals surface area contributed by atoms with Crippen LogP contribution in [0.3, 0.4) is 0 Å². The smallest absolute Gasteiger partial charge is 0.300 e. The fourth-order valence-electron chi connectivity index (χ4n) is 4.72. The van der Waals surface area contributed by atoms with E-state index in [-0.39, 0.29) is 22.0 Å². The summed E-state index contributed by atoms with van der Waals surface area (Å²) in [7, 11) is 0. The van der Waals surface area contributed by atoms with E-state index in [0.29, 0.717) is 11.1 Å². The summed E-state index contributed by atoms with van der Waals surface area (Å²) >= 11 is 5.97. The van der Waals surface area contributed by atoms with Crippen molar-refractivity contribution in [1.29, 1.82) is 0 Å². The number of aliphatic hydroxyl groups excluding tert-OH is 1. The Balaban J connectivity index is 1.69. The molecule has 0 spiro atoms. The number of anilines is 1. The van der Waals surface area contributed by atoms with Crippen LogP contribution in [-0.2, 0) is 22.4 Å². The standard InChI is InChI=1S/C27H21ClFNO3/c28-21-15-20(12-13-22(21)29)30-24(17-7-2-1-3-8-17)23(26(32)27(30)33)25(31)19-11-10-16-6-4-5-9-18(16)14-19/h1-3,7-8,10-15,24,31H,4-6,9H2/b25-23-. The molecular weight excluding hydrogens is 441 g/mol. The van der Waals surface area contributed by atoms with Crippen molar-refractivity contribution in [2.45, 2.75) is 31.7 Å². The molecule has 0 bridgehead atoms. The summed E-state index contributed by atoms with van der Waals surface area (Å²) in [5.74, 6) is -2.43. The molecule has 1 aliphatic heterocycles. The van der Waals surface area contributed by atoms with Gasteiger partial charge in [0.2, 0.25) is 0 Å². The van der Waals surface area contributed by atoms with Crippen molar-refractivity contribution in [3.63, 3.8) is 0 Å². The Labute approximate surface area is 195 Å². The number of benzene rings is 3. The molecule has 1 saturated heterocycles. The van der Waals surface area contributed by atoms with Crippen LogP contribution in [0.4, 0.5) is 10.1 Å². The third-order valence-electron chi connectivity index (χ3n) is 6.36. The average Bonchev–Trinajstić information content (AvgIpc) is 3.11. The molecule has 1 N–H and O–H groups in total. The number of ketones is 1. The van der Waals surface area contributed by atoms with E-state index in [1.54, 1.807) is 30.3 Å². The molecule has 1 heterocycles. The summed E-state index contributed by atoms with van der Waals surface area (Å²) in [6, 6.07) is 17.7. The SMILES string of the molecule is O=C1C(=O)N(c2ccc(F)c(Cl)c2)C(c2ccccc2)/C1=C(/O)c1ccc2c(c1)CCCC2. The van der Waals surface area contributed by atoms with Gasteiger partial charge in [-0.2, -0.15) is 0 Å². The molecule has 0 aromatic heterocycles. The number of fused-ring (bicyclic) bond motifs is 1. The second-order valence-corrected chi connectivity index (χ2v) is 8.78. The van der Waals surface area contributed by atoms with E-state index in [2.05, 4.69) is 0 Å². The number of nitrogens with zero attached hydrogens (tertiary/aromatic N) is 1. The predicted molar refractivity (Wildman–Crippen MR) is 126 cm³/mol. The van der Waals surface area contributed by atoms with Gasteiger partial charge in [0.05, 0.1) is 16.6 Å². The van der Waals surface area contributed by atoms with Crippen LogP contribution >= 0.6 is 11.6 Å². The Morgan fingerprint density at radius 1 is 0.939 bits per heavy atom. The molecule has 1 unspecified atom stereocenters. The van der Waals surface area contributed by atoms with E-state index >= 15 is 0 Å². The van der Waals surface area contributed by atoms with Gasteiger partial charge in [-0.25, -0.2) is 4.39 Å². The monoisotopic (exact) mass is 461 g/mol. The van der Waals surface area contributed by atoms with Crippen LogP contribution in [0.1, 0.15) is 41.1 Å². The zero-order valence-electron chi connectivity index (χ0n) is 17.7. The summed E-state index contributed by atoms with van der Waals surface area (Å²) < 4.78 is 13.8. The number of carbonyl (C=O) groups is 2. The Morgan fingerprint density at radius 3 is 2.39 bits per heavy atom. The highest BCUT2D eigenvalue weighted by Gasteiger charge is 2.47. The maximum Gasteiger partial charge on any atom is 0.300 e. The highest BCUT2D eigenvalue weighted by Crippen LogP contribution is 2.43. The maximum atomic E-state index is 13.8. The van der Waals surface area contributed by atoms with Crippen LogP contribution in [-0.4, -0.2) is 16.8 Å². The van der Waals surface area contributed by atoms with Gasteiger partial charge in [-0.15, -0.1) is 0 Å². The summed E-state index contributed by atoms with van der Waals surface area (Å²) in [4.78, 5) is 27.6. The molecule has 3 aromatic rings. The first-order chi connectivity index (χ1) is 16.0. The van der Waals surface area contributed by atoms with Gasteiger partial charge in [-0.1, -0.05) is 54.1 Å². The number of halogens is 2. The molecule has 2 aliphatic rings. The fraction of sp³-hybridized carbons (Fsp3) is 0.185. The second-order valence-electron chi connectivity index (χ2n) is 8.37. The van der Waals surface area contributed by atoms with Crippen molar-refractivity contribution < 1.29 is 19.1 Å².